The number of aliphatic imine (C=N–C) groups is 1. The van der Waals surface area contributed by atoms with Crippen molar-refractivity contribution >= 4 is 6.21 Å². The molecule has 0 aliphatic heterocycles. The van der Waals surface area contributed by atoms with Crippen molar-refractivity contribution in [3.05, 3.63) is 23.4 Å². The Morgan fingerprint density at radius 3 is 2.00 bits per heavy atom. The molecule has 0 spiro atoms. The third-order valence-electron chi connectivity index (χ3n) is 4.32. The molecule has 0 saturated carbocycles. The molecule has 0 rings (SSSR count). The molecule has 0 saturated heterocycles. The molecule has 0 fully saturated rings. The van der Waals surface area contributed by atoms with E-state index in [9.17, 15) is 0 Å². The van der Waals surface area contributed by atoms with E-state index in [1.54, 1.807) is 0 Å². The molecule has 0 N–H and O–H groups in total. The topological polar surface area (TPSA) is 12.4 Å². The van der Waals surface area contributed by atoms with Crippen LogP contribution in [0.1, 0.15) is 68.2 Å². The minimum absolute atomic E-state index is 0.640. The highest BCUT2D eigenvalue weighted by Crippen LogP contribution is 2.31. The monoisotopic (exact) mass is 277 g/mol. The van der Waals surface area contributed by atoms with Crippen LogP contribution in [0.4, 0.5) is 0 Å². The zero-order valence-corrected chi connectivity index (χ0v) is 15.0. The molecule has 0 aromatic rings. The first kappa shape index (κ1) is 19.1. The van der Waals surface area contributed by atoms with Crippen LogP contribution in [0.25, 0.3) is 0 Å². The zero-order chi connectivity index (χ0) is 15.9. The Kier molecular flexibility index (Phi) is 8.76. The van der Waals surface area contributed by atoms with Crippen LogP contribution in [0, 0.1) is 23.7 Å². The summed E-state index contributed by atoms with van der Waals surface area (Å²) >= 11 is 0. The van der Waals surface area contributed by atoms with Gasteiger partial charge in [-0.1, -0.05) is 48.1 Å². The van der Waals surface area contributed by atoms with E-state index in [1.165, 1.54) is 11.1 Å². The quantitative estimate of drug-likeness (QED) is 0.366. The van der Waals surface area contributed by atoms with E-state index >= 15 is 0 Å². The third-order valence-corrected chi connectivity index (χ3v) is 4.32. The van der Waals surface area contributed by atoms with Crippen molar-refractivity contribution in [1.29, 1.82) is 0 Å². The number of nitrogens with zero attached hydrogens (tertiary/aromatic N) is 1. The Bertz CT molecular complexity index is 358. The fraction of sp³-hybridized carbons (Fsp3) is 0.737. The predicted molar refractivity (Wildman–Crippen MR) is 93.2 cm³/mol. The van der Waals surface area contributed by atoms with Gasteiger partial charge < -0.3 is 0 Å². The Morgan fingerprint density at radius 1 is 1.05 bits per heavy atom. The van der Waals surface area contributed by atoms with Crippen molar-refractivity contribution in [3.8, 4) is 0 Å². The summed E-state index contributed by atoms with van der Waals surface area (Å²) in [6.45, 7) is 22.3. The molecule has 2 unspecified atom stereocenters. The summed E-state index contributed by atoms with van der Waals surface area (Å²) in [6.07, 6.45) is 4.03. The summed E-state index contributed by atoms with van der Waals surface area (Å²) in [5.41, 5.74) is 3.78. The van der Waals surface area contributed by atoms with Gasteiger partial charge >= 0.3 is 0 Å². The molecule has 0 heterocycles. The number of hydrogen-bond donors (Lipinski definition) is 0. The first-order valence-electron chi connectivity index (χ1n) is 8.07. The lowest BCUT2D eigenvalue weighted by Crippen LogP contribution is -2.15. The fourth-order valence-corrected chi connectivity index (χ4v) is 2.58. The molecular weight excluding hydrogens is 242 g/mol. The van der Waals surface area contributed by atoms with E-state index in [0.29, 0.717) is 11.8 Å². The van der Waals surface area contributed by atoms with Crippen LogP contribution in [-0.2, 0) is 0 Å². The molecule has 20 heavy (non-hydrogen) atoms. The smallest absolute Gasteiger partial charge is 0.0403 e. The maximum atomic E-state index is 4.48. The maximum Gasteiger partial charge on any atom is 0.0403 e. The van der Waals surface area contributed by atoms with Crippen LogP contribution < -0.4 is 0 Å². The Morgan fingerprint density at radius 2 is 1.60 bits per heavy atom. The Labute approximate surface area is 127 Å². The SMILES string of the molecule is C=C(CC(C)C(C)C(C)C)/C(CC(C)C)=C(/C)N=CC. The molecule has 0 aliphatic rings. The van der Waals surface area contributed by atoms with Crippen LogP contribution in [0.3, 0.4) is 0 Å². The van der Waals surface area contributed by atoms with Gasteiger partial charge in [0.2, 0.25) is 0 Å². The van der Waals surface area contributed by atoms with Crippen LogP contribution in [0.5, 0.6) is 0 Å². The van der Waals surface area contributed by atoms with E-state index < -0.39 is 0 Å². The molecule has 0 aromatic carbocycles. The van der Waals surface area contributed by atoms with E-state index in [2.05, 4.69) is 60.0 Å². The van der Waals surface area contributed by atoms with E-state index in [1.807, 2.05) is 13.1 Å². The van der Waals surface area contributed by atoms with Gasteiger partial charge in [-0.2, -0.15) is 0 Å². The second-order valence-corrected chi connectivity index (χ2v) is 6.94. The van der Waals surface area contributed by atoms with Crippen LogP contribution in [0.15, 0.2) is 28.4 Å². The first-order chi connectivity index (χ1) is 9.20. The number of rotatable bonds is 8. The molecule has 2 atom stereocenters. The Hall–Kier alpha value is -0.850. The largest absolute Gasteiger partial charge is 0.266 e. The normalized spacial score (nSPS) is 16.7. The van der Waals surface area contributed by atoms with Crippen molar-refractivity contribution in [2.45, 2.75) is 68.2 Å². The molecule has 0 radical (unpaired) electrons. The first-order valence-corrected chi connectivity index (χ1v) is 8.07. The number of hydrogen-bond acceptors (Lipinski definition) is 1. The summed E-state index contributed by atoms with van der Waals surface area (Å²) in [5, 5.41) is 0. The van der Waals surface area contributed by atoms with Gasteiger partial charge in [0.1, 0.15) is 0 Å². The molecule has 0 aliphatic carbocycles. The van der Waals surface area contributed by atoms with Gasteiger partial charge in [-0.25, -0.2) is 0 Å². The van der Waals surface area contributed by atoms with Gasteiger partial charge in [0, 0.05) is 11.9 Å². The molecule has 0 bridgehead atoms. The third kappa shape index (κ3) is 6.54. The highest BCUT2D eigenvalue weighted by atomic mass is 14.7. The van der Waals surface area contributed by atoms with Crippen LogP contribution >= 0.6 is 0 Å². The van der Waals surface area contributed by atoms with Crippen molar-refractivity contribution < 1.29 is 0 Å². The van der Waals surface area contributed by atoms with Gasteiger partial charge in [0.15, 0.2) is 0 Å². The summed E-state index contributed by atoms with van der Waals surface area (Å²) in [6, 6.07) is 0. The highest BCUT2D eigenvalue weighted by Gasteiger charge is 2.19. The second-order valence-electron chi connectivity index (χ2n) is 6.94. The van der Waals surface area contributed by atoms with E-state index in [0.717, 1.165) is 30.4 Å². The fourth-order valence-electron chi connectivity index (χ4n) is 2.58. The Balaban J connectivity index is 5.03. The average Bonchev–Trinajstić information content (AvgIpc) is 2.34. The van der Waals surface area contributed by atoms with Gasteiger partial charge in [0.25, 0.3) is 0 Å². The lowest BCUT2D eigenvalue weighted by molar-refractivity contribution is 0.295. The molecular formula is C19H35N. The minimum atomic E-state index is 0.640. The van der Waals surface area contributed by atoms with Crippen molar-refractivity contribution in [2.24, 2.45) is 28.7 Å². The van der Waals surface area contributed by atoms with Gasteiger partial charge in [0.05, 0.1) is 0 Å². The van der Waals surface area contributed by atoms with Crippen molar-refractivity contribution in [1.82, 2.24) is 0 Å². The summed E-state index contributed by atoms with van der Waals surface area (Å²) < 4.78 is 0. The predicted octanol–water partition coefficient (Wildman–Crippen LogP) is 6.27. The molecule has 1 heteroatoms. The van der Waals surface area contributed by atoms with Crippen LogP contribution in [-0.4, -0.2) is 6.21 Å². The van der Waals surface area contributed by atoms with Crippen LogP contribution in [0.2, 0.25) is 0 Å². The van der Waals surface area contributed by atoms with Crippen molar-refractivity contribution in [2.75, 3.05) is 0 Å². The number of allylic oxidation sites excluding steroid dienone is 3. The lowest BCUT2D eigenvalue weighted by Gasteiger charge is -2.25. The molecule has 0 aromatic heterocycles. The van der Waals surface area contributed by atoms with E-state index in [4.69, 9.17) is 0 Å². The molecule has 116 valence electrons. The summed E-state index contributed by atoms with van der Waals surface area (Å²) in [4.78, 5) is 4.48. The van der Waals surface area contributed by atoms with Gasteiger partial charge in [-0.3, -0.25) is 4.99 Å². The summed E-state index contributed by atoms with van der Waals surface area (Å²) in [5.74, 6) is 2.76. The molecule has 0 amide bonds. The van der Waals surface area contributed by atoms with Gasteiger partial charge in [-0.15, -0.1) is 0 Å². The summed E-state index contributed by atoms with van der Waals surface area (Å²) in [7, 11) is 0. The average molecular weight is 277 g/mol. The minimum Gasteiger partial charge on any atom is -0.266 e. The van der Waals surface area contributed by atoms with Gasteiger partial charge in [-0.05, 0) is 61.5 Å². The second kappa shape index (κ2) is 9.15. The zero-order valence-electron chi connectivity index (χ0n) is 15.0. The standard InChI is InChI=1S/C19H35N/c1-10-20-18(9)19(11-13(2)3)16(7)12-15(6)17(8)14(4)5/h10,13-15,17H,7,11-12H2,1-6,8-9H3/b19-18-,20-10?. The highest BCUT2D eigenvalue weighted by molar-refractivity contribution is 5.56. The molecule has 1 nitrogen and oxygen atoms in total. The maximum absolute atomic E-state index is 4.48. The van der Waals surface area contributed by atoms with E-state index in [-0.39, 0.29) is 0 Å². The lowest BCUT2D eigenvalue weighted by atomic mass is 9.80. The van der Waals surface area contributed by atoms with Crippen molar-refractivity contribution in [3.63, 3.8) is 0 Å².